The maximum Gasteiger partial charge on any atom is 0.240 e. The highest BCUT2D eigenvalue weighted by Gasteiger charge is 2.37. The van der Waals surface area contributed by atoms with Gasteiger partial charge in [0.15, 0.2) is 0 Å². The Kier molecular flexibility index (Phi) is 4.85. The van der Waals surface area contributed by atoms with E-state index in [2.05, 4.69) is 27.8 Å². The van der Waals surface area contributed by atoms with E-state index in [1.54, 1.807) is 12.1 Å². The molecule has 27 heavy (non-hydrogen) atoms. The highest BCUT2D eigenvalue weighted by molar-refractivity contribution is 7.89. The van der Waals surface area contributed by atoms with E-state index in [9.17, 15) is 8.42 Å². The van der Waals surface area contributed by atoms with Crippen molar-refractivity contribution in [3.05, 3.63) is 58.6 Å². The van der Waals surface area contributed by atoms with Crippen LogP contribution in [0.5, 0.6) is 0 Å². The molecule has 0 saturated carbocycles. The van der Waals surface area contributed by atoms with Crippen molar-refractivity contribution in [3.8, 4) is 6.07 Å². The van der Waals surface area contributed by atoms with Crippen molar-refractivity contribution < 1.29 is 8.42 Å². The van der Waals surface area contributed by atoms with Gasteiger partial charge in [-0.1, -0.05) is 23.7 Å². The lowest BCUT2D eigenvalue weighted by Crippen LogP contribution is -2.40. The quantitative estimate of drug-likeness (QED) is 0.832. The fourth-order valence-corrected chi connectivity index (χ4v) is 5.63. The molecule has 0 fully saturated rings. The smallest absolute Gasteiger partial charge is 0.240 e. The number of nitrogens with zero attached hydrogens (tertiary/aromatic N) is 2. The molecule has 0 saturated heterocycles. The maximum atomic E-state index is 12.7. The van der Waals surface area contributed by atoms with E-state index in [4.69, 9.17) is 16.9 Å². The molecule has 140 valence electrons. The van der Waals surface area contributed by atoms with E-state index >= 15 is 0 Å². The SMILES string of the molecule is N#CCCN1CC2CC(NS(=O)(=O)c3ccc(Cl)cc3)Cc3cccc1c32. The summed E-state index contributed by atoms with van der Waals surface area (Å²) in [6, 6.07) is 14.5. The largest absolute Gasteiger partial charge is 0.370 e. The van der Waals surface area contributed by atoms with Crippen LogP contribution in [-0.4, -0.2) is 27.5 Å². The van der Waals surface area contributed by atoms with Crippen LogP contribution >= 0.6 is 11.6 Å². The van der Waals surface area contributed by atoms with E-state index in [1.165, 1.54) is 28.9 Å². The predicted octanol–water partition coefficient (Wildman–Crippen LogP) is 3.45. The first-order valence-corrected chi connectivity index (χ1v) is 10.9. The van der Waals surface area contributed by atoms with Crippen molar-refractivity contribution in [2.24, 2.45) is 0 Å². The summed E-state index contributed by atoms with van der Waals surface area (Å²) in [4.78, 5) is 2.48. The second kappa shape index (κ2) is 7.16. The molecule has 2 aromatic carbocycles. The zero-order valence-electron chi connectivity index (χ0n) is 14.7. The average Bonchev–Trinajstić information content (AvgIpc) is 2.99. The summed E-state index contributed by atoms with van der Waals surface area (Å²) in [7, 11) is -3.59. The van der Waals surface area contributed by atoms with Crippen LogP contribution in [0.3, 0.4) is 0 Å². The molecule has 0 aromatic heterocycles. The summed E-state index contributed by atoms with van der Waals surface area (Å²) in [6.45, 7) is 1.55. The molecule has 5 nitrogen and oxygen atoms in total. The molecule has 0 amide bonds. The molecule has 2 aromatic rings. The van der Waals surface area contributed by atoms with Gasteiger partial charge in [-0.2, -0.15) is 5.26 Å². The average molecular weight is 402 g/mol. The molecule has 4 rings (SSSR count). The molecule has 2 atom stereocenters. The number of hydrogen-bond donors (Lipinski definition) is 1. The Morgan fingerprint density at radius 2 is 2.00 bits per heavy atom. The van der Waals surface area contributed by atoms with Crippen LogP contribution in [-0.2, 0) is 16.4 Å². The molecule has 1 N–H and O–H groups in total. The number of halogens is 1. The lowest BCUT2D eigenvalue weighted by molar-refractivity contribution is 0.465. The van der Waals surface area contributed by atoms with Gasteiger partial charge in [-0.25, -0.2) is 13.1 Å². The van der Waals surface area contributed by atoms with Crippen LogP contribution in [0, 0.1) is 11.3 Å². The zero-order valence-corrected chi connectivity index (χ0v) is 16.3. The number of sulfonamides is 1. The van der Waals surface area contributed by atoms with Gasteiger partial charge in [0.25, 0.3) is 0 Å². The van der Waals surface area contributed by atoms with E-state index in [0.717, 1.165) is 13.0 Å². The minimum atomic E-state index is -3.59. The van der Waals surface area contributed by atoms with Gasteiger partial charge >= 0.3 is 0 Å². The molecule has 1 heterocycles. The topological polar surface area (TPSA) is 73.2 Å². The number of rotatable bonds is 5. The summed E-state index contributed by atoms with van der Waals surface area (Å²) < 4.78 is 28.3. The van der Waals surface area contributed by atoms with Crippen LogP contribution in [0.25, 0.3) is 0 Å². The predicted molar refractivity (Wildman–Crippen MR) is 106 cm³/mol. The van der Waals surface area contributed by atoms with E-state index in [1.807, 2.05) is 6.07 Å². The van der Waals surface area contributed by atoms with Crippen molar-refractivity contribution in [1.29, 1.82) is 5.26 Å². The lowest BCUT2D eigenvalue weighted by Gasteiger charge is -2.29. The van der Waals surface area contributed by atoms with Gasteiger partial charge in [-0.3, -0.25) is 0 Å². The van der Waals surface area contributed by atoms with Crippen molar-refractivity contribution >= 4 is 27.3 Å². The number of hydrogen-bond acceptors (Lipinski definition) is 4. The first-order chi connectivity index (χ1) is 13.0. The first-order valence-electron chi connectivity index (χ1n) is 8.99. The van der Waals surface area contributed by atoms with E-state index in [0.29, 0.717) is 30.3 Å². The van der Waals surface area contributed by atoms with Crippen molar-refractivity contribution in [3.63, 3.8) is 0 Å². The summed E-state index contributed by atoms with van der Waals surface area (Å²) in [5, 5.41) is 9.41. The molecule has 2 aliphatic rings. The summed E-state index contributed by atoms with van der Waals surface area (Å²) in [6.07, 6.45) is 1.93. The molecule has 2 unspecified atom stereocenters. The van der Waals surface area contributed by atoms with Crippen LogP contribution in [0.4, 0.5) is 5.69 Å². The lowest BCUT2D eigenvalue weighted by atomic mass is 9.82. The molecule has 7 heteroatoms. The number of nitrogens with one attached hydrogen (secondary N) is 1. The second-order valence-corrected chi connectivity index (χ2v) is 9.26. The van der Waals surface area contributed by atoms with E-state index in [-0.39, 0.29) is 10.9 Å². The molecule has 0 bridgehead atoms. The molecule has 1 aliphatic carbocycles. The Balaban J connectivity index is 1.55. The third-order valence-electron chi connectivity index (χ3n) is 5.34. The van der Waals surface area contributed by atoms with Gasteiger partial charge in [-0.05, 0) is 54.3 Å². The Hall–Kier alpha value is -2.07. The standard InChI is InChI=1S/C20H20ClN3O2S/c21-16-5-7-18(8-6-16)27(25,26)23-17-11-14-3-1-4-19-20(14)15(12-17)13-24(19)10-2-9-22/h1,3-8,15,17,23H,2,10-13H2. The Morgan fingerprint density at radius 1 is 1.22 bits per heavy atom. The van der Waals surface area contributed by atoms with Gasteiger partial charge in [0.2, 0.25) is 10.0 Å². The fraction of sp³-hybridized carbons (Fsp3) is 0.350. The molecular weight excluding hydrogens is 382 g/mol. The summed E-state index contributed by atoms with van der Waals surface area (Å²) >= 11 is 5.86. The van der Waals surface area contributed by atoms with Crippen molar-refractivity contribution in [2.45, 2.75) is 36.1 Å². The van der Waals surface area contributed by atoms with Gasteiger partial charge < -0.3 is 4.90 Å². The Bertz CT molecular complexity index is 999. The number of benzene rings is 2. The van der Waals surface area contributed by atoms with Crippen molar-refractivity contribution in [1.82, 2.24) is 4.72 Å². The van der Waals surface area contributed by atoms with Gasteiger partial charge in [-0.15, -0.1) is 0 Å². The van der Waals surface area contributed by atoms with Crippen LogP contribution in [0.2, 0.25) is 5.02 Å². The molecular formula is C20H20ClN3O2S. The van der Waals surface area contributed by atoms with Crippen molar-refractivity contribution in [2.75, 3.05) is 18.0 Å². The molecule has 0 radical (unpaired) electrons. The normalized spacial score (nSPS) is 21.0. The minimum absolute atomic E-state index is 0.144. The summed E-state index contributed by atoms with van der Waals surface area (Å²) in [5.74, 6) is 0.293. The second-order valence-electron chi connectivity index (χ2n) is 7.11. The summed E-state index contributed by atoms with van der Waals surface area (Å²) in [5.41, 5.74) is 3.73. The number of nitriles is 1. The Labute approximate surface area is 164 Å². The third kappa shape index (κ3) is 3.55. The fourth-order valence-electron chi connectivity index (χ4n) is 4.25. The highest BCUT2D eigenvalue weighted by atomic mass is 35.5. The zero-order chi connectivity index (χ0) is 19.0. The van der Waals surface area contributed by atoms with E-state index < -0.39 is 10.0 Å². The van der Waals surface area contributed by atoms with Gasteiger partial charge in [0.1, 0.15) is 0 Å². The van der Waals surface area contributed by atoms with Crippen LogP contribution < -0.4 is 9.62 Å². The first kappa shape index (κ1) is 18.3. The molecule has 0 spiro atoms. The monoisotopic (exact) mass is 401 g/mol. The molecule has 1 aliphatic heterocycles. The van der Waals surface area contributed by atoms with Crippen LogP contribution in [0.1, 0.15) is 29.9 Å². The highest BCUT2D eigenvalue weighted by Crippen LogP contribution is 2.44. The van der Waals surface area contributed by atoms with Gasteiger partial charge in [0.05, 0.1) is 17.4 Å². The van der Waals surface area contributed by atoms with Crippen LogP contribution in [0.15, 0.2) is 47.4 Å². The number of anilines is 1. The Morgan fingerprint density at radius 3 is 2.74 bits per heavy atom. The third-order valence-corrected chi connectivity index (χ3v) is 7.13. The maximum absolute atomic E-state index is 12.7. The van der Waals surface area contributed by atoms with Gasteiger partial charge in [0, 0.05) is 35.8 Å². The minimum Gasteiger partial charge on any atom is -0.370 e.